The molecule has 7 rings (SSSR count). The first kappa shape index (κ1) is 20.1. The van der Waals surface area contributed by atoms with Crippen LogP contribution in [0.15, 0.2) is 66.7 Å². The number of halogens is 1. The number of hydrogen-bond acceptors (Lipinski definition) is 4. The summed E-state index contributed by atoms with van der Waals surface area (Å²) >= 11 is 6.38. The van der Waals surface area contributed by atoms with Crippen LogP contribution in [0, 0.1) is 22.0 Å². The Morgan fingerprint density at radius 1 is 0.970 bits per heavy atom. The molecule has 1 heterocycles. The number of nitro groups is 1. The minimum atomic E-state index is -0.652. The molecule has 0 saturated carbocycles. The van der Waals surface area contributed by atoms with Crippen molar-refractivity contribution in [2.45, 2.75) is 24.7 Å². The molecule has 1 fully saturated rings. The minimum Gasteiger partial charge on any atom is -0.274 e. The second kappa shape index (κ2) is 6.75. The third kappa shape index (κ3) is 2.34. The van der Waals surface area contributed by atoms with Crippen LogP contribution in [0.25, 0.3) is 0 Å². The molecule has 0 radical (unpaired) electrons. The lowest BCUT2D eigenvalue weighted by atomic mass is 9.46. The first-order valence-corrected chi connectivity index (χ1v) is 11.3. The number of benzene rings is 3. The molecule has 2 amide bonds. The maximum atomic E-state index is 14.0. The highest BCUT2D eigenvalue weighted by Crippen LogP contribution is 2.65. The van der Waals surface area contributed by atoms with Crippen LogP contribution in [-0.4, -0.2) is 16.7 Å². The second-order valence-corrected chi connectivity index (χ2v) is 9.29. The zero-order valence-electron chi connectivity index (χ0n) is 17.7. The molecule has 2 bridgehead atoms. The topological polar surface area (TPSA) is 80.5 Å². The van der Waals surface area contributed by atoms with E-state index in [2.05, 4.69) is 31.2 Å². The Morgan fingerprint density at radius 2 is 1.58 bits per heavy atom. The van der Waals surface area contributed by atoms with Gasteiger partial charge in [-0.2, -0.15) is 0 Å². The van der Waals surface area contributed by atoms with E-state index in [0.29, 0.717) is 6.42 Å². The van der Waals surface area contributed by atoms with Gasteiger partial charge in [0.15, 0.2) is 0 Å². The first-order chi connectivity index (χ1) is 15.9. The Labute approximate surface area is 194 Å². The highest BCUT2D eigenvalue weighted by molar-refractivity contribution is 6.36. The zero-order valence-corrected chi connectivity index (χ0v) is 18.5. The first-order valence-electron chi connectivity index (χ1n) is 10.9. The maximum absolute atomic E-state index is 14.0. The summed E-state index contributed by atoms with van der Waals surface area (Å²) in [6, 6.07) is 20.0. The molecule has 33 heavy (non-hydrogen) atoms. The number of carbonyl (C=O) groups is 2. The molecule has 3 aromatic rings. The van der Waals surface area contributed by atoms with Crippen molar-refractivity contribution in [2.24, 2.45) is 11.8 Å². The van der Waals surface area contributed by atoms with E-state index in [4.69, 9.17) is 11.6 Å². The molecule has 7 heteroatoms. The van der Waals surface area contributed by atoms with Crippen molar-refractivity contribution in [1.29, 1.82) is 0 Å². The summed E-state index contributed by atoms with van der Waals surface area (Å²) in [5.41, 5.74) is 3.54. The number of carbonyl (C=O) groups excluding carboxylic acids is 2. The van der Waals surface area contributed by atoms with E-state index in [1.54, 1.807) is 0 Å². The van der Waals surface area contributed by atoms with Gasteiger partial charge in [-0.15, -0.1) is 0 Å². The Morgan fingerprint density at radius 3 is 2.15 bits per heavy atom. The number of imide groups is 1. The molecule has 164 valence electrons. The number of anilines is 1. The van der Waals surface area contributed by atoms with Crippen LogP contribution >= 0.6 is 11.6 Å². The van der Waals surface area contributed by atoms with E-state index in [9.17, 15) is 19.7 Å². The summed E-state index contributed by atoms with van der Waals surface area (Å²) < 4.78 is 0. The quantitative estimate of drug-likeness (QED) is 0.306. The Balaban J connectivity index is 1.62. The molecular formula is C26H19ClN2O4. The number of rotatable bonds is 3. The normalized spacial score (nSPS) is 26.7. The molecular weight excluding hydrogens is 440 g/mol. The van der Waals surface area contributed by atoms with Crippen LogP contribution in [0.1, 0.15) is 41.5 Å². The van der Waals surface area contributed by atoms with Gasteiger partial charge in [0.2, 0.25) is 11.8 Å². The molecule has 3 aliphatic carbocycles. The molecule has 0 aromatic heterocycles. The largest absolute Gasteiger partial charge is 0.274 e. The zero-order chi connectivity index (χ0) is 23.1. The summed E-state index contributed by atoms with van der Waals surface area (Å²) in [4.78, 5) is 39.9. The molecule has 1 aliphatic heterocycles. The van der Waals surface area contributed by atoms with Gasteiger partial charge in [0.1, 0.15) is 0 Å². The van der Waals surface area contributed by atoms with Gasteiger partial charge >= 0.3 is 0 Å². The molecule has 6 nitrogen and oxygen atoms in total. The fraction of sp³-hybridized carbons (Fsp3) is 0.231. The van der Waals surface area contributed by atoms with E-state index in [1.165, 1.54) is 18.2 Å². The smallest absolute Gasteiger partial charge is 0.271 e. The number of amides is 2. The molecule has 0 spiro atoms. The van der Waals surface area contributed by atoms with E-state index in [0.717, 1.165) is 27.2 Å². The van der Waals surface area contributed by atoms with Crippen LogP contribution in [0.4, 0.5) is 11.4 Å². The second-order valence-electron chi connectivity index (χ2n) is 8.89. The highest BCUT2D eigenvalue weighted by Gasteiger charge is 2.67. The number of hydrogen-bond donors (Lipinski definition) is 0. The summed E-state index contributed by atoms with van der Waals surface area (Å²) in [6.07, 6.45) is 0.643. The Kier molecular flexibility index (Phi) is 4.11. The van der Waals surface area contributed by atoms with Crippen LogP contribution in [0.5, 0.6) is 0 Å². The van der Waals surface area contributed by atoms with E-state index in [-0.39, 0.29) is 34.1 Å². The van der Waals surface area contributed by atoms with Gasteiger partial charge in [-0.25, -0.2) is 4.90 Å². The molecule has 2 atom stereocenters. The van der Waals surface area contributed by atoms with Crippen molar-refractivity contribution in [3.63, 3.8) is 0 Å². The van der Waals surface area contributed by atoms with Crippen molar-refractivity contribution in [3.8, 4) is 0 Å². The predicted octanol–water partition coefficient (Wildman–Crippen LogP) is 5.21. The van der Waals surface area contributed by atoms with Crippen LogP contribution in [0.2, 0.25) is 5.02 Å². The Hall–Kier alpha value is -3.51. The van der Waals surface area contributed by atoms with Crippen molar-refractivity contribution < 1.29 is 14.5 Å². The average molecular weight is 459 g/mol. The van der Waals surface area contributed by atoms with Crippen molar-refractivity contribution in [2.75, 3.05) is 4.90 Å². The summed E-state index contributed by atoms with van der Waals surface area (Å²) in [7, 11) is 0. The number of non-ortho nitro benzene ring substituents is 1. The molecule has 0 N–H and O–H groups in total. The lowest BCUT2D eigenvalue weighted by molar-refractivity contribution is -0.384. The number of nitro benzene ring substituents is 1. The molecule has 1 saturated heterocycles. The third-order valence-corrected chi connectivity index (χ3v) is 8.05. The molecule has 3 aromatic carbocycles. The predicted molar refractivity (Wildman–Crippen MR) is 123 cm³/mol. The van der Waals surface area contributed by atoms with Gasteiger partial charge in [-0.3, -0.25) is 19.7 Å². The van der Waals surface area contributed by atoms with Crippen LogP contribution < -0.4 is 4.90 Å². The van der Waals surface area contributed by atoms with E-state index in [1.807, 2.05) is 24.3 Å². The monoisotopic (exact) mass is 458 g/mol. The Bertz CT molecular complexity index is 1340. The van der Waals surface area contributed by atoms with E-state index >= 15 is 0 Å². The maximum Gasteiger partial charge on any atom is 0.271 e. The minimum absolute atomic E-state index is 0.0778. The lowest BCUT2D eigenvalue weighted by Crippen LogP contribution is -2.53. The number of nitrogens with zero attached hydrogens (tertiary/aromatic N) is 2. The van der Waals surface area contributed by atoms with Gasteiger partial charge < -0.3 is 0 Å². The fourth-order valence-corrected chi connectivity index (χ4v) is 6.76. The van der Waals surface area contributed by atoms with Crippen molar-refractivity contribution in [3.05, 3.63) is 104 Å². The SMILES string of the molecule is CCC12c3ccccc3C(c3ccccc31)[C@@H]1C(=O)N(c3cc([N+](=O)[O-])ccc3Cl)C(=O)[C@H]12. The summed E-state index contributed by atoms with van der Waals surface area (Å²) in [6.45, 7) is 2.05. The third-order valence-electron chi connectivity index (χ3n) is 7.73. The summed E-state index contributed by atoms with van der Waals surface area (Å²) in [5.74, 6) is -2.13. The van der Waals surface area contributed by atoms with Gasteiger partial charge in [0, 0.05) is 23.5 Å². The standard InChI is InChI=1S/C26H19ClN2O4/c1-2-26-17-9-5-3-7-15(17)21(16-8-4-6-10-18(16)26)22-23(26)25(31)28(24(22)30)20-13-14(29(32)33)11-12-19(20)27/h3-13,21-23H,2H2,1H3/t21?,22-,23-,26?/m0/s1. The van der Waals surface area contributed by atoms with Crippen molar-refractivity contribution >= 4 is 34.8 Å². The van der Waals surface area contributed by atoms with Gasteiger partial charge in [-0.05, 0) is 34.7 Å². The molecule has 0 unspecified atom stereocenters. The van der Waals surface area contributed by atoms with Crippen molar-refractivity contribution in [1.82, 2.24) is 0 Å². The van der Waals surface area contributed by atoms with Gasteiger partial charge in [0.25, 0.3) is 5.69 Å². The van der Waals surface area contributed by atoms with Crippen LogP contribution in [0.3, 0.4) is 0 Å². The summed E-state index contributed by atoms with van der Waals surface area (Å²) in [5, 5.41) is 11.5. The van der Waals surface area contributed by atoms with Gasteiger partial charge in [0.05, 0.1) is 27.5 Å². The highest BCUT2D eigenvalue weighted by atomic mass is 35.5. The van der Waals surface area contributed by atoms with Gasteiger partial charge in [-0.1, -0.05) is 67.1 Å². The van der Waals surface area contributed by atoms with E-state index < -0.39 is 22.2 Å². The fourth-order valence-electron chi connectivity index (χ4n) is 6.55. The average Bonchev–Trinajstić information content (AvgIpc) is 3.10. The molecule has 4 aliphatic rings. The lowest BCUT2D eigenvalue weighted by Gasteiger charge is -2.54. The van der Waals surface area contributed by atoms with Crippen LogP contribution in [-0.2, 0) is 15.0 Å².